The summed E-state index contributed by atoms with van der Waals surface area (Å²) in [6.07, 6.45) is 1.81. The first-order valence-corrected chi connectivity index (χ1v) is 6.43. The van der Waals surface area contributed by atoms with Gasteiger partial charge in [0.2, 0.25) is 0 Å². The lowest BCUT2D eigenvalue weighted by molar-refractivity contribution is 0.0964. The number of aliphatic hydroxyl groups is 2. The van der Waals surface area contributed by atoms with E-state index in [1.54, 1.807) is 12.1 Å². The number of hydrogen-bond donors (Lipinski definition) is 2. The third kappa shape index (κ3) is 3.44. The zero-order valence-electron chi connectivity index (χ0n) is 10.5. The Kier molecular flexibility index (Phi) is 5.44. The van der Waals surface area contributed by atoms with E-state index in [1.807, 2.05) is 12.1 Å². The molecule has 1 atom stereocenters. The van der Waals surface area contributed by atoms with Crippen LogP contribution in [0.2, 0.25) is 5.02 Å². The van der Waals surface area contributed by atoms with Crippen LogP contribution < -0.4 is 0 Å². The van der Waals surface area contributed by atoms with Gasteiger partial charge in [0.1, 0.15) is 0 Å². The Labute approximate surface area is 108 Å². The van der Waals surface area contributed by atoms with Crippen LogP contribution in [0.15, 0.2) is 24.3 Å². The molecule has 1 aromatic rings. The van der Waals surface area contributed by atoms with Crippen LogP contribution in [-0.4, -0.2) is 23.4 Å². The Balaban J connectivity index is 3.01. The fourth-order valence-corrected chi connectivity index (χ4v) is 2.22. The summed E-state index contributed by atoms with van der Waals surface area (Å²) in [6, 6.07) is 7.37. The Bertz CT molecular complexity index is 331. The highest BCUT2D eigenvalue weighted by molar-refractivity contribution is 6.30. The Morgan fingerprint density at radius 3 is 2.12 bits per heavy atom. The van der Waals surface area contributed by atoms with Gasteiger partial charge in [0.25, 0.3) is 0 Å². The maximum Gasteiger partial charge on any atom is 0.0550 e. The number of benzene rings is 1. The van der Waals surface area contributed by atoms with Crippen molar-refractivity contribution < 1.29 is 10.2 Å². The summed E-state index contributed by atoms with van der Waals surface area (Å²) in [6.45, 7) is 4.16. The zero-order valence-corrected chi connectivity index (χ0v) is 11.2. The maximum absolute atomic E-state index is 9.65. The highest BCUT2D eigenvalue weighted by Gasteiger charge is 2.32. The van der Waals surface area contributed by atoms with Crippen LogP contribution in [0.25, 0.3) is 0 Å². The lowest BCUT2D eigenvalue weighted by Gasteiger charge is -2.33. The number of hydrogen-bond acceptors (Lipinski definition) is 2. The zero-order chi connectivity index (χ0) is 12.9. The molecule has 1 unspecified atom stereocenters. The molecule has 2 N–H and O–H groups in total. The first kappa shape index (κ1) is 14.5. The van der Waals surface area contributed by atoms with E-state index in [2.05, 4.69) is 13.8 Å². The highest BCUT2D eigenvalue weighted by Crippen LogP contribution is 2.32. The van der Waals surface area contributed by atoms with E-state index in [-0.39, 0.29) is 13.2 Å². The van der Waals surface area contributed by atoms with Crippen molar-refractivity contribution in [3.63, 3.8) is 0 Å². The van der Waals surface area contributed by atoms with Crippen molar-refractivity contribution in [2.45, 2.75) is 32.1 Å². The van der Waals surface area contributed by atoms with Gasteiger partial charge in [0.05, 0.1) is 13.2 Å². The van der Waals surface area contributed by atoms with Crippen LogP contribution in [0.3, 0.4) is 0 Å². The summed E-state index contributed by atoms with van der Waals surface area (Å²) in [5.74, 6) is 0.463. The minimum Gasteiger partial charge on any atom is -0.395 e. The highest BCUT2D eigenvalue weighted by atomic mass is 35.5. The first-order valence-electron chi connectivity index (χ1n) is 6.05. The normalized spacial score (nSPS) is 13.7. The van der Waals surface area contributed by atoms with E-state index < -0.39 is 5.41 Å². The quantitative estimate of drug-likeness (QED) is 0.822. The Morgan fingerprint density at radius 2 is 1.71 bits per heavy atom. The molecular weight excluding hydrogens is 236 g/mol. The lowest BCUT2D eigenvalue weighted by Crippen LogP contribution is -2.36. The third-order valence-corrected chi connectivity index (χ3v) is 3.75. The standard InChI is InChI=1S/C14H21ClO2/c1-3-11(2)8-14(9-16,10-17)12-4-6-13(15)7-5-12/h4-7,11,16-17H,3,8-10H2,1-2H3. The largest absolute Gasteiger partial charge is 0.395 e. The molecule has 0 saturated heterocycles. The summed E-state index contributed by atoms with van der Waals surface area (Å²) in [5.41, 5.74) is 0.396. The van der Waals surface area contributed by atoms with Crippen LogP contribution in [0.4, 0.5) is 0 Å². The van der Waals surface area contributed by atoms with E-state index >= 15 is 0 Å². The fourth-order valence-electron chi connectivity index (χ4n) is 2.09. The molecule has 0 aliphatic carbocycles. The minimum atomic E-state index is -0.556. The molecule has 0 aliphatic heterocycles. The number of halogens is 1. The van der Waals surface area contributed by atoms with Gasteiger partial charge in [0.15, 0.2) is 0 Å². The second-order valence-corrected chi connectivity index (χ2v) is 5.26. The molecule has 1 aromatic carbocycles. The van der Waals surface area contributed by atoms with Crippen molar-refractivity contribution in [3.8, 4) is 0 Å². The van der Waals surface area contributed by atoms with Crippen molar-refractivity contribution in [3.05, 3.63) is 34.9 Å². The van der Waals surface area contributed by atoms with Gasteiger partial charge in [-0.2, -0.15) is 0 Å². The second kappa shape index (κ2) is 6.39. The van der Waals surface area contributed by atoms with Gasteiger partial charge in [-0.05, 0) is 30.0 Å². The van der Waals surface area contributed by atoms with E-state index in [0.717, 1.165) is 18.4 Å². The van der Waals surface area contributed by atoms with Crippen LogP contribution in [0.5, 0.6) is 0 Å². The molecule has 0 aliphatic rings. The van der Waals surface area contributed by atoms with Gasteiger partial charge >= 0.3 is 0 Å². The van der Waals surface area contributed by atoms with Gasteiger partial charge in [-0.3, -0.25) is 0 Å². The van der Waals surface area contributed by atoms with Gasteiger partial charge in [-0.1, -0.05) is 44.0 Å². The molecule has 2 nitrogen and oxygen atoms in total. The maximum atomic E-state index is 9.65. The van der Waals surface area contributed by atoms with Gasteiger partial charge < -0.3 is 10.2 Å². The number of rotatable bonds is 6. The topological polar surface area (TPSA) is 40.5 Å². The third-order valence-electron chi connectivity index (χ3n) is 3.50. The Hall–Kier alpha value is -0.570. The van der Waals surface area contributed by atoms with Crippen LogP contribution >= 0.6 is 11.6 Å². The average molecular weight is 257 g/mol. The summed E-state index contributed by atoms with van der Waals surface area (Å²) in [4.78, 5) is 0. The second-order valence-electron chi connectivity index (χ2n) is 4.82. The van der Waals surface area contributed by atoms with E-state index in [1.165, 1.54) is 0 Å². The van der Waals surface area contributed by atoms with Crippen molar-refractivity contribution in [1.29, 1.82) is 0 Å². The van der Waals surface area contributed by atoms with Crippen LogP contribution in [-0.2, 0) is 5.41 Å². The summed E-state index contributed by atoms with van der Waals surface area (Å²) in [5, 5.41) is 20.0. The molecule has 1 rings (SSSR count). The van der Waals surface area contributed by atoms with E-state index in [9.17, 15) is 10.2 Å². The molecule has 0 radical (unpaired) electrons. The van der Waals surface area contributed by atoms with Gasteiger partial charge in [-0.15, -0.1) is 0 Å². The van der Waals surface area contributed by atoms with Gasteiger partial charge in [-0.25, -0.2) is 0 Å². The molecule has 0 bridgehead atoms. The van der Waals surface area contributed by atoms with Crippen molar-refractivity contribution in [2.75, 3.05) is 13.2 Å². The molecule has 0 amide bonds. The fraction of sp³-hybridized carbons (Fsp3) is 0.571. The molecule has 96 valence electrons. The SMILES string of the molecule is CCC(C)CC(CO)(CO)c1ccc(Cl)cc1. The van der Waals surface area contributed by atoms with E-state index in [0.29, 0.717) is 10.9 Å². The molecule has 0 fully saturated rings. The van der Waals surface area contributed by atoms with Crippen molar-refractivity contribution in [2.24, 2.45) is 5.92 Å². The van der Waals surface area contributed by atoms with Crippen LogP contribution in [0.1, 0.15) is 32.3 Å². The smallest absolute Gasteiger partial charge is 0.0550 e. The number of aliphatic hydroxyl groups excluding tert-OH is 2. The summed E-state index contributed by atoms with van der Waals surface area (Å²) < 4.78 is 0. The molecule has 0 spiro atoms. The average Bonchev–Trinajstić information content (AvgIpc) is 2.37. The Morgan fingerprint density at radius 1 is 1.18 bits per heavy atom. The van der Waals surface area contributed by atoms with Crippen molar-refractivity contribution >= 4 is 11.6 Å². The molecule has 0 saturated carbocycles. The predicted molar refractivity (Wildman–Crippen MR) is 71.4 cm³/mol. The summed E-state index contributed by atoms with van der Waals surface area (Å²) in [7, 11) is 0. The molecule has 17 heavy (non-hydrogen) atoms. The van der Waals surface area contributed by atoms with E-state index in [4.69, 9.17) is 11.6 Å². The molecule has 0 aromatic heterocycles. The molecule has 3 heteroatoms. The lowest BCUT2D eigenvalue weighted by atomic mass is 9.75. The van der Waals surface area contributed by atoms with Crippen LogP contribution in [0, 0.1) is 5.92 Å². The molecule has 0 heterocycles. The monoisotopic (exact) mass is 256 g/mol. The predicted octanol–water partition coefficient (Wildman–Crippen LogP) is 3.00. The van der Waals surface area contributed by atoms with Crippen molar-refractivity contribution in [1.82, 2.24) is 0 Å². The first-order chi connectivity index (χ1) is 8.07. The molecular formula is C14H21ClO2. The summed E-state index contributed by atoms with van der Waals surface area (Å²) >= 11 is 5.86. The van der Waals surface area contributed by atoms with Gasteiger partial charge in [0, 0.05) is 10.4 Å². The minimum absolute atomic E-state index is 0.0462.